The summed E-state index contributed by atoms with van der Waals surface area (Å²) in [6, 6.07) is -0.730. The van der Waals surface area contributed by atoms with Gasteiger partial charge in [-0.15, -0.1) is 0 Å². The first-order valence-corrected chi connectivity index (χ1v) is 5.44. The minimum Gasteiger partial charge on any atom is -0.480 e. The third-order valence-electron chi connectivity index (χ3n) is 2.58. The molecule has 0 heterocycles. The average Bonchev–Trinajstić information content (AvgIpc) is 3.05. The summed E-state index contributed by atoms with van der Waals surface area (Å²) in [4.78, 5) is 23.1. The molecule has 16 heavy (non-hydrogen) atoms. The highest BCUT2D eigenvalue weighted by atomic mass is 16.4. The summed E-state index contributed by atoms with van der Waals surface area (Å²) in [5.41, 5.74) is 0. The first-order chi connectivity index (χ1) is 7.69. The maximum absolute atomic E-state index is 11.0. The van der Waals surface area contributed by atoms with Crippen molar-refractivity contribution in [2.24, 2.45) is 5.92 Å². The lowest BCUT2D eigenvalue weighted by atomic mass is 10.1. The molecule has 0 bridgehead atoms. The third kappa shape index (κ3) is 3.88. The molecule has 0 aromatic rings. The summed E-state index contributed by atoms with van der Waals surface area (Å²) >= 11 is 0. The van der Waals surface area contributed by atoms with E-state index in [2.05, 4.69) is 0 Å². The van der Waals surface area contributed by atoms with E-state index in [1.807, 2.05) is 13.0 Å². The lowest BCUT2D eigenvalue weighted by Gasteiger charge is -2.20. The van der Waals surface area contributed by atoms with Crippen LogP contribution in [0.3, 0.4) is 0 Å². The second-order valence-electron chi connectivity index (χ2n) is 3.95. The van der Waals surface area contributed by atoms with E-state index < -0.39 is 12.0 Å². The molecule has 1 N–H and O–H groups in total. The summed E-state index contributed by atoms with van der Waals surface area (Å²) in [7, 11) is 0. The molecule has 1 fully saturated rings. The highest BCUT2D eigenvalue weighted by molar-refractivity contribution is 5.76. The average molecular weight is 223 g/mol. The van der Waals surface area contributed by atoms with Crippen LogP contribution < -0.4 is 0 Å². The predicted molar refractivity (Wildman–Crippen MR) is 60.6 cm³/mol. The second kappa shape index (κ2) is 6.10. The molecule has 1 rings (SSSR count). The van der Waals surface area contributed by atoms with Crippen molar-refractivity contribution in [3.63, 3.8) is 0 Å². The molecule has 4 heteroatoms. The number of aliphatic carboxylic acids is 1. The molecule has 0 aromatic heterocycles. The van der Waals surface area contributed by atoms with Crippen LogP contribution in [-0.2, 0) is 9.59 Å². The minimum absolute atomic E-state index is 0.471. The van der Waals surface area contributed by atoms with E-state index >= 15 is 0 Å². The molecule has 0 aliphatic heterocycles. The van der Waals surface area contributed by atoms with Crippen molar-refractivity contribution in [2.45, 2.75) is 32.2 Å². The third-order valence-corrected chi connectivity index (χ3v) is 2.58. The van der Waals surface area contributed by atoms with Crippen LogP contribution in [0.4, 0.5) is 0 Å². The van der Waals surface area contributed by atoms with Gasteiger partial charge in [-0.25, -0.2) is 4.79 Å². The van der Waals surface area contributed by atoms with E-state index in [4.69, 9.17) is 5.11 Å². The van der Waals surface area contributed by atoms with Crippen molar-refractivity contribution >= 4 is 12.4 Å². The van der Waals surface area contributed by atoms with E-state index in [0.717, 1.165) is 12.8 Å². The number of amides is 1. The first-order valence-electron chi connectivity index (χ1n) is 5.44. The molecule has 1 amide bonds. The number of nitrogens with zero attached hydrogens (tertiary/aromatic N) is 1. The molecule has 0 saturated heterocycles. The Kier molecular flexibility index (Phi) is 4.76. The Morgan fingerprint density at radius 2 is 2.19 bits per heavy atom. The van der Waals surface area contributed by atoms with Gasteiger partial charge in [-0.05, 0) is 25.3 Å². The van der Waals surface area contributed by atoms with Gasteiger partial charge in [-0.2, -0.15) is 0 Å². The van der Waals surface area contributed by atoms with Crippen molar-refractivity contribution in [3.05, 3.63) is 24.4 Å². The zero-order valence-electron chi connectivity index (χ0n) is 9.37. The fraction of sp³-hybridized carbons (Fsp3) is 0.500. The Hall–Kier alpha value is -1.58. The SMILES string of the molecule is C/C=C\C=C/N(C=O)C(CC1CC1)C(=O)O. The largest absolute Gasteiger partial charge is 0.480 e. The predicted octanol–water partition coefficient (Wildman–Crippen LogP) is 1.79. The number of carboxylic acid groups (broad SMARTS) is 1. The van der Waals surface area contributed by atoms with Crippen LogP contribution in [0.2, 0.25) is 0 Å². The Morgan fingerprint density at radius 1 is 1.50 bits per heavy atom. The van der Waals surface area contributed by atoms with Crippen molar-refractivity contribution in [2.75, 3.05) is 0 Å². The molecule has 88 valence electrons. The number of allylic oxidation sites excluding steroid dienone is 3. The van der Waals surface area contributed by atoms with Gasteiger partial charge in [-0.1, -0.05) is 25.0 Å². The van der Waals surface area contributed by atoms with Gasteiger partial charge in [0.2, 0.25) is 6.41 Å². The number of rotatable bonds is 7. The molecule has 1 aliphatic carbocycles. The fourth-order valence-corrected chi connectivity index (χ4v) is 1.49. The van der Waals surface area contributed by atoms with E-state index in [1.165, 1.54) is 11.1 Å². The van der Waals surface area contributed by atoms with Crippen LogP contribution in [-0.4, -0.2) is 28.4 Å². The van der Waals surface area contributed by atoms with Crippen LogP contribution in [0, 0.1) is 5.92 Å². The topological polar surface area (TPSA) is 57.6 Å². The Balaban J connectivity index is 2.63. The number of hydrogen-bond acceptors (Lipinski definition) is 2. The van der Waals surface area contributed by atoms with E-state index in [0.29, 0.717) is 18.7 Å². The van der Waals surface area contributed by atoms with Crippen LogP contribution in [0.15, 0.2) is 24.4 Å². The molecular formula is C12H17NO3. The lowest BCUT2D eigenvalue weighted by molar-refractivity contribution is -0.145. The molecule has 0 radical (unpaired) electrons. The molecule has 1 atom stereocenters. The van der Waals surface area contributed by atoms with Crippen molar-refractivity contribution in [3.8, 4) is 0 Å². The quantitative estimate of drug-likeness (QED) is 0.528. The van der Waals surface area contributed by atoms with E-state index in [-0.39, 0.29) is 0 Å². The summed E-state index contributed by atoms with van der Waals surface area (Å²) in [5, 5.41) is 9.06. The van der Waals surface area contributed by atoms with E-state index in [1.54, 1.807) is 12.2 Å². The van der Waals surface area contributed by atoms with Crippen LogP contribution in [0.5, 0.6) is 0 Å². The van der Waals surface area contributed by atoms with Gasteiger partial charge in [0.1, 0.15) is 6.04 Å². The van der Waals surface area contributed by atoms with Gasteiger partial charge in [0.05, 0.1) is 0 Å². The molecule has 0 spiro atoms. The van der Waals surface area contributed by atoms with Gasteiger partial charge in [-0.3, -0.25) is 4.79 Å². The smallest absolute Gasteiger partial charge is 0.326 e. The highest BCUT2D eigenvalue weighted by Gasteiger charge is 2.31. The summed E-state index contributed by atoms with van der Waals surface area (Å²) in [6.45, 7) is 1.86. The lowest BCUT2D eigenvalue weighted by Crippen LogP contribution is -2.37. The first kappa shape index (κ1) is 12.5. The van der Waals surface area contributed by atoms with Gasteiger partial charge < -0.3 is 10.0 Å². The zero-order valence-corrected chi connectivity index (χ0v) is 9.37. The molecular weight excluding hydrogens is 206 g/mol. The van der Waals surface area contributed by atoms with Crippen molar-refractivity contribution in [1.29, 1.82) is 0 Å². The summed E-state index contributed by atoms with van der Waals surface area (Å²) in [5.74, 6) is -0.470. The van der Waals surface area contributed by atoms with Crippen molar-refractivity contribution in [1.82, 2.24) is 4.90 Å². The van der Waals surface area contributed by atoms with Crippen LogP contribution >= 0.6 is 0 Å². The molecule has 0 aromatic carbocycles. The maximum Gasteiger partial charge on any atom is 0.326 e. The molecule has 4 nitrogen and oxygen atoms in total. The number of carbonyl (C=O) groups is 2. The van der Waals surface area contributed by atoms with Gasteiger partial charge >= 0.3 is 5.97 Å². The van der Waals surface area contributed by atoms with E-state index in [9.17, 15) is 9.59 Å². The summed E-state index contributed by atoms with van der Waals surface area (Å²) in [6.07, 6.45) is 10.0. The Labute approximate surface area is 95.2 Å². The monoisotopic (exact) mass is 223 g/mol. The Morgan fingerprint density at radius 3 is 2.62 bits per heavy atom. The van der Waals surface area contributed by atoms with Crippen molar-refractivity contribution < 1.29 is 14.7 Å². The number of carbonyl (C=O) groups excluding carboxylic acids is 1. The normalized spacial score (nSPS) is 17.8. The Bertz CT molecular complexity index is 305. The zero-order chi connectivity index (χ0) is 12.0. The van der Waals surface area contributed by atoms with Gasteiger partial charge in [0.15, 0.2) is 0 Å². The minimum atomic E-state index is -0.941. The molecule has 1 saturated carbocycles. The molecule has 1 aliphatic rings. The number of carboxylic acids is 1. The number of hydrogen-bond donors (Lipinski definition) is 1. The van der Waals surface area contributed by atoms with Crippen LogP contribution in [0.1, 0.15) is 26.2 Å². The highest BCUT2D eigenvalue weighted by Crippen LogP contribution is 2.34. The second-order valence-corrected chi connectivity index (χ2v) is 3.95. The van der Waals surface area contributed by atoms with Gasteiger partial charge in [0.25, 0.3) is 0 Å². The summed E-state index contributed by atoms with van der Waals surface area (Å²) < 4.78 is 0. The maximum atomic E-state index is 11.0. The standard InChI is InChI=1S/C12H17NO3/c1-2-3-4-7-13(9-14)11(12(15)16)8-10-5-6-10/h2-4,7,9-11H,5-6,8H2,1H3,(H,15,16)/b3-2-,7-4-. The van der Waals surface area contributed by atoms with Gasteiger partial charge in [0, 0.05) is 6.20 Å². The van der Waals surface area contributed by atoms with Crippen LogP contribution in [0.25, 0.3) is 0 Å². The fourth-order valence-electron chi connectivity index (χ4n) is 1.49. The molecule has 1 unspecified atom stereocenters.